The quantitative estimate of drug-likeness (QED) is 0.115. The fourth-order valence-electron chi connectivity index (χ4n) is 4.10. The summed E-state index contributed by atoms with van der Waals surface area (Å²) in [6.45, 7) is 0.343. The van der Waals surface area contributed by atoms with E-state index in [1.54, 1.807) is 23.9 Å². The molecule has 2 aromatic carbocycles. The molecule has 3 aromatic rings. The van der Waals surface area contributed by atoms with Gasteiger partial charge in [0.15, 0.2) is 11.4 Å². The van der Waals surface area contributed by atoms with E-state index in [1.807, 2.05) is 48.5 Å². The van der Waals surface area contributed by atoms with Crippen LogP contribution in [-0.4, -0.2) is 44.0 Å². The van der Waals surface area contributed by atoms with Crippen molar-refractivity contribution in [2.24, 2.45) is 0 Å². The third-order valence-electron chi connectivity index (χ3n) is 6.23. The average molecular weight is 553 g/mol. The van der Waals surface area contributed by atoms with Crippen molar-refractivity contribution in [2.45, 2.75) is 62.5 Å². The minimum atomic E-state index is -0.579. The van der Waals surface area contributed by atoms with E-state index in [2.05, 4.69) is 15.3 Å². The van der Waals surface area contributed by atoms with Crippen LogP contribution >= 0.6 is 11.8 Å². The van der Waals surface area contributed by atoms with E-state index in [9.17, 15) is 14.7 Å². The largest absolute Gasteiger partial charge is 0.392 e. The predicted octanol–water partition coefficient (Wildman–Crippen LogP) is 3.60. The number of benzene rings is 2. The van der Waals surface area contributed by atoms with Gasteiger partial charge in [-0.25, -0.2) is 15.4 Å². The lowest BCUT2D eigenvalue weighted by Crippen LogP contribution is -2.31. The Morgan fingerprint density at radius 3 is 2.28 bits per heavy atom. The number of amides is 2. The molecule has 1 fully saturated rings. The summed E-state index contributed by atoms with van der Waals surface area (Å²) in [5.74, 6) is -0.00939. The first-order valence-electron chi connectivity index (χ1n) is 12.7. The third-order valence-corrected chi connectivity index (χ3v) is 7.24. The van der Waals surface area contributed by atoms with E-state index >= 15 is 0 Å². The molecular formula is C28H32N4O6S. The zero-order chi connectivity index (χ0) is 27.5. The maximum Gasteiger partial charge on any atom is 0.243 e. The number of carbonyl (C=O) groups is 2. The number of nitrogens with one attached hydrogen (secondary N) is 2. The molecule has 0 aliphatic carbocycles. The standard InChI is InChI=1S/C28H32N4O6S/c33-17-20-7-9-21(10-8-20)24-15-23(18-39-28-29-13-2-14-30-28)37-27(38-24)22-11-5-19(6-12-22)16-31-25(34)3-1-4-26(35)32-36/h2,5-14,23-24,27,33,36H,1,3-4,15-18H2,(H,31,34)(H,32,35). The smallest absolute Gasteiger partial charge is 0.243 e. The number of nitrogens with zero attached hydrogens (tertiary/aromatic N) is 2. The van der Waals surface area contributed by atoms with Crippen molar-refractivity contribution < 1.29 is 29.4 Å². The fraction of sp³-hybridized carbons (Fsp3) is 0.357. The van der Waals surface area contributed by atoms with Gasteiger partial charge in [-0.1, -0.05) is 60.3 Å². The predicted molar refractivity (Wildman–Crippen MR) is 143 cm³/mol. The van der Waals surface area contributed by atoms with Gasteiger partial charge >= 0.3 is 0 Å². The summed E-state index contributed by atoms with van der Waals surface area (Å²) < 4.78 is 12.7. The maximum atomic E-state index is 12.0. The average Bonchev–Trinajstić information content (AvgIpc) is 2.99. The molecule has 10 nitrogen and oxygen atoms in total. The molecule has 2 heterocycles. The first-order valence-corrected chi connectivity index (χ1v) is 13.7. The van der Waals surface area contributed by atoms with Gasteiger partial charge in [0.1, 0.15) is 0 Å². The SMILES string of the molecule is O=C(CCCC(=O)NCc1ccc(C2OC(CSc3ncccn3)CC(c3ccc(CO)cc3)O2)cc1)NO. The lowest BCUT2D eigenvalue weighted by molar-refractivity contribution is -0.245. The van der Waals surface area contributed by atoms with Gasteiger partial charge in [-0.2, -0.15) is 0 Å². The minimum Gasteiger partial charge on any atom is -0.392 e. The van der Waals surface area contributed by atoms with Crippen molar-refractivity contribution in [2.75, 3.05) is 5.75 Å². The molecule has 3 unspecified atom stereocenters. The molecule has 206 valence electrons. The fourth-order valence-corrected chi connectivity index (χ4v) is 4.92. The molecule has 4 rings (SSSR count). The number of carbonyl (C=O) groups excluding carboxylic acids is 2. The Morgan fingerprint density at radius 2 is 1.59 bits per heavy atom. The van der Waals surface area contributed by atoms with E-state index in [0.29, 0.717) is 30.3 Å². The molecule has 4 N–H and O–H groups in total. The van der Waals surface area contributed by atoms with Crippen LogP contribution in [0.2, 0.25) is 0 Å². The van der Waals surface area contributed by atoms with Gasteiger partial charge in [0.2, 0.25) is 11.8 Å². The van der Waals surface area contributed by atoms with Crippen molar-refractivity contribution in [3.05, 3.63) is 89.2 Å². The van der Waals surface area contributed by atoms with Gasteiger partial charge in [-0.15, -0.1) is 0 Å². The summed E-state index contributed by atoms with van der Waals surface area (Å²) in [4.78, 5) is 31.7. The summed E-state index contributed by atoms with van der Waals surface area (Å²) >= 11 is 1.54. The second-order valence-corrected chi connectivity index (χ2v) is 10.1. The highest BCUT2D eigenvalue weighted by Crippen LogP contribution is 2.39. The Labute approximate surface area is 231 Å². The van der Waals surface area contributed by atoms with Crippen molar-refractivity contribution in [3.63, 3.8) is 0 Å². The Morgan fingerprint density at radius 1 is 0.923 bits per heavy atom. The molecule has 0 spiro atoms. The first kappa shape index (κ1) is 28.7. The van der Waals surface area contributed by atoms with Gasteiger partial charge < -0.3 is 19.9 Å². The van der Waals surface area contributed by atoms with Gasteiger partial charge in [-0.3, -0.25) is 14.8 Å². The number of thioether (sulfide) groups is 1. The second-order valence-electron chi connectivity index (χ2n) is 9.10. The zero-order valence-electron chi connectivity index (χ0n) is 21.4. The molecular weight excluding hydrogens is 520 g/mol. The molecule has 0 radical (unpaired) electrons. The normalized spacial score (nSPS) is 18.9. The number of aliphatic hydroxyl groups excluding tert-OH is 1. The highest BCUT2D eigenvalue weighted by Gasteiger charge is 2.32. The summed E-state index contributed by atoms with van der Waals surface area (Å²) in [7, 11) is 0. The van der Waals surface area contributed by atoms with Gasteiger partial charge in [-0.05, 0) is 29.2 Å². The van der Waals surface area contributed by atoms with E-state index in [-0.39, 0.29) is 37.6 Å². The minimum absolute atomic E-state index is 0.0123. The molecule has 1 aromatic heterocycles. The highest BCUT2D eigenvalue weighted by atomic mass is 32.2. The highest BCUT2D eigenvalue weighted by molar-refractivity contribution is 7.99. The molecule has 39 heavy (non-hydrogen) atoms. The molecule has 3 atom stereocenters. The number of hydrogen-bond donors (Lipinski definition) is 4. The number of hydrogen-bond acceptors (Lipinski definition) is 9. The topological polar surface area (TPSA) is 143 Å². The second kappa shape index (κ2) is 14.7. The summed E-state index contributed by atoms with van der Waals surface area (Å²) in [6.07, 6.45) is 3.87. The van der Waals surface area contributed by atoms with Crippen LogP contribution < -0.4 is 10.8 Å². The molecule has 11 heteroatoms. The number of ether oxygens (including phenoxy) is 2. The van der Waals surface area contributed by atoms with Gasteiger partial charge in [0.25, 0.3) is 0 Å². The van der Waals surface area contributed by atoms with Crippen molar-refractivity contribution in [1.29, 1.82) is 0 Å². The Balaban J connectivity index is 1.38. The van der Waals surface area contributed by atoms with Crippen LogP contribution in [0, 0.1) is 0 Å². The lowest BCUT2D eigenvalue weighted by atomic mass is 10.0. The van der Waals surface area contributed by atoms with Crippen LogP contribution in [0.15, 0.2) is 72.1 Å². The van der Waals surface area contributed by atoms with E-state index < -0.39 is 12.2 Å². The maximum absolute atomic E-state index is 12.0. The number of aromatic nitrogens is 2. The molecule has 0 bridgehead atoms. The van der Waals surface area contributed by atoms with E-state index in [4.69, 9.17) is 14.7 Å². The summed E-state index contributed by atoms with van der Waals surface area (Å²) in [6, 6.07) is 17.2. The Bertz CT molecular complexity index is 1200. The van der Waals surface area contributed by atoms with E-state index in [0.717, 1.165) is 22.3 Å². The van der Waals surface area contributed by atoms with Crippen LogP contribution in [0.4, 0.5) is 0 Å². The molecule has 1 saturated heterocycles. The number of hydroxylamine groups is 1. The summed E-state index contributed by atoms with van der Waals surface area (Å²) in [5, 5.41) is 21.4. The Hall–Kier alpha value is -3.35. The Kier molecular flexibility index (Phi) is 10.8. The van der Waals surface area contributed by atoms with Crippen LogP contribution in [0.1, 0.15) is 60.3 Å². The number of aliphatic hydroxyl groups is 1. The van der Waals surface area contributed by atoms with Gasteiger partial charge in [0.05, 0.1) is 18.8 Å². The molecule has 1 aliphatic rings. The third kappa shape index (κ3) is 8.84. The lowest BCUT2D eigenvalue weighted by Gasteiger charge is -2.36. The monoisotopic (exact) mass is 552 g/mol. The first-order chi connectivity index (χ1) is 19.0. The number of rotatable bonds is 12. The van der Waals surface area contributed by atoms with Crippen LogP contribution in [-0.2, 0) is 32.2 Å². The zero-order valence-corrected chi connectivity index (χ0v) is 22.2. The van der Waals surface area contributed by atoms with Crippen molar-refractivity contribution >= 4 is 23.6 Å². The van der Waals surface area contributed by atoms with Crippen molar-refractivity contribution in [3.8, 4) is 0 Å². The van der Waals surface area contributed by atoms with Crippen LogP contribution in [0.25, 0.3) is 0 Å². The van der Waals surface area contributed by atoms with Crippen molar-refractivity contribution in [1.82, 2.24) is 20.8 Å². The van der Waals surface area contributed by atoms with Crippen LogP contribution in [0.3, 0.4) is 0 Å². The molecule has 2 amide bonds. The molecule has 0 saturated carbocycles. The van der Waals surface area contributed by atoms with Gasteiger partial charge in [0, 0.05) is 49.5 Å². The van der Waals surface area contributed by atoms with E-state index in [1.165, 1.54) is 11.8 Å². The van der Waals surface area contributed by atoms with Crippen LogP contribution in [0.5, 0.6) is 0 Å². The molecule has 1 aliphatic heterocycles. The summed E-state index contributed by atoms with van der Waals surface area (Å²) in [5.41, 5.74) is 5.19.